The molecule has 2 amide bonds. The standard InChI is InChI=1S/C31H29N3O4/c1-3-37-26-14-8-7-12-24(26)32-31(36)29-20(2)28-25(13-9-15-27(28)38-29)33-34-30(35)23-18-16-22(17-19-23)21-10-5-4-6-11-21/h4-8,10-12,14,16-19H,3,9,13,15H2,1-2H3,(H,32,36)(H,34,35)/b33-25+. The Morgan fingerprint density at radius 1 is 0.895 bits per heavy atom. The second-order valence-electron chi connectivity index (χ2n) is 9.03. The normalized spacial score (nSPS) is 13.6. The zero-order valence-electron chi connectivity index (χ0n) is 21.4. The summed E-state index contributed by atoms with van der Waals surface area (Å²) in [5.74, 6) is 0.886. The van der Waals surface area contributed by atoms with Gasteiger partial charge in [0.05, 0.1) is 18.0 Å². The Balaban J connectivity index is 1.33. The molecular weight excluding hydrogens is 478 g/mol. The number of para-hydroxylation sites is 2. The van der Waals surface area contributed by atoms with Crippen molar-refractivity contribution in [1.82, 2.24) is 5.43 Å². The van der Waals surface area contributed by atoms with E-state index in [1.54, 1.807) is 18.2 Å². The van der Waals surface area contributed by atoms with Crippen LogP contribution in [-0.2, 0) is 6.42 Å². The summed E-state index contributed by atoms with van der Waals surface area (Å²) in [5.41, 5.74) is 8.10. The highest BCUT2D eigenvalue weighted by Crippen LogP contribution is 2.31. The van der Waals surface area contributed by atoms with Gasteiger partial charge in [-0.1, -0.05) is 54.6 Å². The van der Waals surface area contributed by atoms with E-state index in [1.807, 2.05) is 74.5 Å². The molecule has 0 atom stereocenters. The molecule has 4 aromatic rings. The van der Waals surface area contributed by atoms with Crippen molar-refractivity contribution in [2.75, 3.05) is 11.9 Å². The SMILES string of the molecule is CCOc1ccccc1NC(=O)c1oc2c(c1C)/C(=N/NC(=O)c1ccc(-c3ccccc3)cc1)CCC2. The molecule has 3 aromatic carbocycles. The Kier molecular flexibility index (Phi) is 7.35. The lowest BCUT2D eigenvalue weighted by atomic mass is 9.93. The van der Waals surface area contributed by atoms with Crippen molar-refractivity contribution in [1.29, 1.82) is 0 Å². The first-order valence-electron chi connectivity index (χ1n) is 12.7. The third kappa shape index (κ3) is 5.22. The maximum absolute atomic E-state index is 13.1. The maximum Gasteiger partial charge on any atom is 0.291 e. The van der Waals surface area contributed by atoms with Crippen molar-refractivity contribution in [2.24, 2.45) is 5.10 Å². The van der Waals surface area contributed by atoms with Crippen LogP contribution in [0.4, 0.5) is 5.69 Å². The molecule has 0 fully saturated rings. The molecule has 1 aliphatic rings. The minimum absolute atomic E-state index is 0.235. The second kappa shape index (κ2) is 11.2. The van der Waals surface area contributed by atoms with Crippen LogP contribution in [0.1, 0.15) is 57.6 Å². The molecule has 0 spiro atoms. The summed E-state index contributed by atoms with van der Waals surface area (Å²) in [6.45, 7) is 4.23. The molecule has 1 heterocycles. The van der Waals surface area contributed by atoms with E-state index < -0.39 is 0 Å². The lowest BCUT2D eigenvalue weighted by Gasteiger charge is -2.13. The highest BCUT2D eigenvalue weighted by Gasteiger charge is 2.28. The topological polar surface area (TPSA) is 92.9 Å². The maximum atomic E-state index is 13.1. The average Bonchev–Trinajstić information content (AvgIpc) is 3.30. The lowest BCUT2D eigenvalue weighted by molar-refractivity contribution is 0.0953. The summed E-state index contributed by atoms with van der Waals surface area (Å²) in [6, 6.07) is 24.7. The summed E-state index contributed by atoms with van der Waals surface area (Å²) in [7, 11) is 0. The van der Waals surface area contributed by atoms with E-state index >= 15 is 0 Å². The number of carbonyl (C=O) groups is 2. The van der Waals surface area contributed by atoms with E-state index in [-0.39, 0.29) is 17.6 Å². The van der Waals surface area contributed by atoms with E-state index in [0.717, 1.165) is 23.1 Å². The Bertz CT molecular complexity index is 1490. The number of nitrogens with zero attached hydrogens (tertiary/aromatic N) is 1. The van der Waals surface area contributed by atoms with Crippen molar-refractivity contribution >= 4 is 23.2 Å². The predicted octanol–water partition coefficient (Wildman–Crippen LogP) is 6.38. The average molecular weight is 508 g/mol. The molecule has 1 aromatic heterocycles. The molecule has 1 aliphatic carbocycles. The van der Waals surface area contributed by atoms with Gasteiger partial charge in [0.1, 0.15) is 11.5 Å². The molecule has 0 saturated carbocycles. The third-order valence-electron chi connectivity index (χ3n) is 6.51. The van der Waals surface area contributed by atoms with Crippen LogP contribution in [0.15, 0.2) is 88.4 Å². The van der Waals surface area contributed by atoms with Gasteiger partial charge in [0.2, 0.25) is 0 Å². The van der Waals surface area contributed by atoms with Crippen molar-refractivity contribution in [3.8, 4) is 16.9 Å². The first-order valence-corrected chi connectivity index (χ1v) is 12.7. The zero-order chi connectivity index (χ0) is 26.5. The van der Waals surface area contributed by atoms with Gasteiger partial charge in [0.15, 0.2) is 5.76 Å². The Hall–Kier alpha value is -4.65. The number of rotatable bonds is 7. The first-order chi connectivity index (χ1) is 18.5. The molecule has 0 aliphatic heterocycles. The fraction of sp³-hybridized carbons (Fsp3) is 0.194. The number of fused-ring (bicyclic) bond motifs is 1. The summed E-state index contributed by atoms with van der Waals surface area (Å²) >= 11 is 0. The summed E-state index contributed by atoms with van der Waals surface area (Å²) in [5, 5.41) is 7.34. The van der Waals surface area contributed by atoms with Crippen LogP contribution in [-0.4, -0.2) is 24.1 Å². The monoisotopic (exact) mass is 507 g/mol. The number of furan rings is 1. The molecule has 0 unspecified atom stereocenters. The third-order valence-corrected chi connectivity index (χ3v) is 6.51. The van der Waals surface area contributed by atoms with Crippen molar-refractivity contribution < 1.29 is 18.7 Å². The summed E-state index contributed by atoms with van der Waals surface area (Å²) < 4.78 is 11.6. The Labute approximate surface area is 221 Å². The minimum Gasteiger partial charge on any atom is -0.492 e. The molecule has 2 N–H and O–H groups in total. The van der Waals surface area contributed by atoms with Crippen LogP contribution in [0.3, 0.4) is 0 Å². The van der Waals surface area contributed by atoms with Gasteiger partial charge in [-0.15, -0.1) is 0 Å². The summed E-state index contributed by atoms with van der Waals surface area (Å²) in [4.78, 5) is 25.9. The number of hydrogen-bond donors (Lipinski definition) is 2. The molecule has 0 bridgehead atoms. The van der Waals surface area contributed by atoms with Crippen LogP contribution < -0.4 is 15.5 Å². The van der Waals surface area contributed by atoms with Gasteiger partial charge in [0, 0.05) is 23.1 Å². The van der Waals surface area contributed by atoms with Crippen LogP contribution in [0.5, 0.6) is 5.75 Å². The molecule has 0 radical (unpaired) electrons. The van der Waals surface area contributed by atoms with E-state index in [1.165, 1.54) is 0 Å². The number of aryl methyl sites for hydroxylation is 1. The molecule has 192 valence electrons. The van der Waals surface area contributed by atoms with Gasteiger partial charge >= 0.3 is 0 Å². The van der Waals surface area contributed by atoms with Gasteiger partial charge in [-0.2, -0.15) is 5.10 Å². The van der Waals surface area contributed by atoms with E-state index in [2.05, 4.69) is 15.8 Å². The number of nitrogens with one attached hydrogen (secondary N) is 2. The van der Waals surface area contributed by atoms with Crippen LogP contribution in [0, 0.1) is 6.92 Å². The minimum atomic E-state index is -0.356. The van der Waals surface area contributed by atoms with Crippen LogP contribution >= 0.6 is 0 Å². The van der Waals surface area contributed by atoms with Crippen molar-refractivity contribution in [2.45, 2.75) is 33.1 Å². The van der Waals surface area contributed by atoms with Crippen molar-refractivity contribution in [3.63, 3.8) is 0 Å². The largest absolute Gasteiger partial charge is 0.492 e. The second-order valence-corrected chi connectivity index (χ2v) is 9.03. The van der Waals surface area contributed by atoms with Crippen LogP contribution in [0.25, 0.3) is 11.1 Å². The molecule has 5 rings (SSSR count). The Morgan fingerprint density at radius 3 is 2.37 bits per heavy atom. The number of ether oxygens (including phenoxy) is 1. The molecule has 7 nitrogen and oxygen atoms in total. The van der Waals surface area contributed by atoms with Gasteiger partial charge in [-0.25, -0.2) is 5.43 Å². The number of hydrazone groups is 1. The van der Waals surface area contributed by atoms with Crippen molar-refractivity contribution in [3.05, 3.63) is 107 Å². The Morgan fingerprint density at radius 2 is 1.61 bits per heavy atom. The molecule has 0 saturated heterocycles. The molecule has 38 heavy (non-hydrogen) atoms. The highest BCUT2D eigenvalue weighted by atomic mass is 16.5. The molecular formula is C31H29N3O4. The van der Waals surface area contributed by atoms with E-state index in [9.17, 15) is 9.59 Å². The number of anilines is 1. The number of benzene rings is 3. The fourth-order valence-electron chi connectivity index (χ4n) is 4.65. The quantitative estimate of drug-likeness (QED) is 0.284. The first kappa shape index (κ1) is 25.0. The van der Waals surface area contributed by atoms with Gasteiger partial charge < -0.3 is 14.5 Å². The van der Waals surface area contributed by atoms with E-state index in [4.69, 9.17) is 9.15 Å². The smallest absolute Gasteiger partial charge is 0.291 e. The lowest BCUT2D eigenvalue weighted by Crippen LogP contribution is -2.22. The van der Waals surface area contributed by atoms with Gasteiger partial charge in [-0.3, -0.25) is 9.59 Å². The predicted molar refractivity (Wildman–Crippen MR) is 148 cm³/mol. The fourth-order valence-corrected chi connectivity index (χ4v) is 4.65. The van der Waals surface area contributed by atoms with Gasteiger partial charge in [-0.05, 0) is 62.1 Å². The van der Waals surface area contributed by atoms with Crippen LogP contribution in [0.2, 0.25) is 0 Å². The van der Waals surface area contributed by atoms with E-state index in [0.29, 0.717) is 53.5 Å². The molecule has 7 heteroatoms. The number of carbonyl (C=O) groups excluding carboxylic acids is 2. The van der Waals surface area contributed by atoms with Gasteiger partial charge in [0.25, 0.3) is 11.8 Å². The highest BCUT2D eigenvalue weighted by molar-refractivity contribution is 6.10. The number of amides is 2. The zero-order valence-corrected chi connectivity index (χ0v) is 21.4. The number of hydrogen-bond acceptors (Lipinski definition) is 5. The summed E-state index contributed by atoms with van der Waals surface area (Å²) in [6.07, 6.45) is 2.19.